The lowest BCUT2D eigenvalue weighted by atomic mass is 9.78. The van der Waals surface area contributed by atoms with Gasteiger partial charge < -0.3 is 14.0 Å². The van der Waals surface area contributed by atoms with Crippen molar-refractivity contribution in [2.45, 2.75) is 52.2 Å². The first kappa shape index (κ1) is 16.2. The maximum Gasteiger partial charge on any atom is 0.501 e. The van der Waals surface area contributed by atoms with Crippen LogP contribution >= 0.6 is 0 Å². The summed E-state index contributed by atoms with van der Waals surface area (Å²) in [5.41, 5.74) is -1.55. The Balaban J connectivity index is 2.36. The van der Waals surface area contributed by atoms with Crippen LogP contribution in [0.3, 0.4) is 0 Å². The maximum atomic E-state index is 14.5. The van der Waals surface area contributed by atoms with Gasteiger partial charge in [0.15, 0.2) is 11.6 Å². The first-order valence-corrected chi connectivity index (χ1v) is 7.16. The molecular weight excluding hydrogens is 277 g/mol. The highest BCUT2D eigenvalue weighted by Crippen LogP contribution is 2.37. The van der Waals surface area contributed by atoms with E-state index in [0.717, 1.165) is 6.42 Å². The fraction of sp³-hybridized carbons (Fsp3) is 0.600. The maximum absolute atomic E-state index is 14.5. The van der Waals surface area contributed by atoms with E-state index in [4.69, 9.17) is 14.0 Å². The fourth-order valence-corrected chi connectivity index (χ4v) is 2.05. The van der Waals surface area contributed by atoms with Crippen molar-refractivity contribution in [3.8, 4) is 5.75 Å². The summed E-state index contributed by atoms with van der Waals surface area (Å²) < 4.78 is 45.3. The Morgan fingerprint density at radius 3 is 2.19 bits per heavy atom. The molecule has 0 spiro atoms. The predicted octanol–water partition coefficient (Wildman–Crippen LogP) is 3.05. The summed E-state index contributed by atoms with van der Waals surface area (Å²) in [5.74, 6) is -1.44. The molecule has 1 aromatic rings. The topological polar surface area (TPSA) is 27.7 Å². The van der Waals surface area contributed by atoms with Crippen LogP contribution in [0.4, 0.5) is 8.78 Å². The van der Waals surface area contributed by atoms with Gasteiger partial charge in [0.2, 0.25) is 0 Å². The van der Waals surface area contributed by atoms with Crippen molar-refractivity contribution in [3.63, 3.8) is 0 Å². The largest absolute Gasteiger partial charge is 0.501 e. The minimum absolute atomic E-state index is 0.0166. The lowest BCUT2D eigenvalue weighted by Gasteiger charge is -2.32. The molecule has 0 amide bonds. The van der Waals surface area contributed by atoms with Gasteiger partial charge in [-0.3, -0.25) is 0 Å². The van der Waals surface area contributed by atoms with Crippen LogP contribution in [-0.2, 0) is 9.31 Å². The van der Waals surface area contributed by atoms with Gasteiger partial charge in [0.25, 0.3) is 0 Å². The van der Waals surface area contributed by atoms with E-state index < -0.39 is 30.0 Å². The zero-order valence-electron chi connectivity index (χ0n) is 13.1. The van der Waals surface area contributed by atoms with Gasteiger partial charge in [0, 0.05) is 0 Å². The van der Waals surface area contributed by atoms with Gasteiger partial charge in [-0.05, 0) is 46.2 Å². The Labute approximate surface area is 124 Å². The minimum Gasteiger partial charge on any atom is -0.491 e. The van der Waals surface area contributed by atoms with Crippen molar-refractivity contribution in [1.29, 1.82) is 0 Å². The molecule has 0 radical (unpaired) electrons. The third-order valence-corrected chi connectivity index (χ3v) is 4.04. The Hall–Kier alpha value is -1.14. The molecule has 1 aromatic carbocycles. The Kier molecular flexibility index (Phi) is 4.31. The van der Waals surface area contributed by atoms with Crippen molar-refractivity contribution < 1.29 is 22.8 Å². The summed E-state index contributed by atoms with van der Waals surface area (Å²) in [7, 11) is -1.08. The average molecular weight is 298 g/mol. The summed E-state index contributed by atoms with van der Waals surface area (Å²) in [4.78, 5) is 0. The number of ether oxygens (including phenoxy) is 1. The van der Waals surface area contributed by atoms with Crippen LogP contribution in [-0.4, -0.2) is 24.9 Å². The van der Waals surface area contributed by atoms with Crippen LogP contribution in [0.2, 0.25) is 0 Å². The van der Waals surface area contributed by atoms with Gasteiger partial charge in [-0.2, -0.15) is 0 Å². The molecule has 3 nitrogen and oxygen atoms in total. The molecule has 116 valence electrons. The molecule has 0 aliphatic carbocycles. The third kappa shape index (κ3) is 2.92. The molecule has 21 heavy (non-hydrogen) atoms. The molecule has 0 aromatic heterocycles. The van der Waals surface area contributed by atoms with Crippen molar-refractivity contribution in [2.24, 2.45) is 0 Å². The number of hydrogen-bond acceptors (Lipinski definition) is 3. The lowest BCUT2D eigenvalue weighted by molar-refractivity contribution is 0.00578. The summed E-state index contributed by atoms with van der Waals surface area (Å²) in [6.07, 6.45) is 0.739. The Morgan fingerprint density at radius 2 is 1.67 bits per heavy atom. The standard InChI is InChI=1S/C15H21BF2O3/c1-6-9-19-11-8-7-10(17)12(13(11)18)16-20-14(2,3)15(4,5)21-16/h7-8H,6,9H2,1-5H3. The van der Waals surface area contributed by atoms with Gasteiger partial charge in [-0.15, -0.1) is 0 Å². The third-order valence-electron chi connectivity index (χ3n) is 4.04. The number of rotatable bonds is 4. The monoisotopic (exact) mass is 298 g/mol. The highest BCUT2D eigenvalue weighted by molar-refractivity contribution is 6.62. The van der Waals surface area contributed by atoms with Crippen LogP contribution < -0.4 is 10.2 Å². The Morgan fingerprint density at radius 1 is 1.10 bits per heavy atom. The average Bonchev–Trinajstić information content (AvgIpc) is 2.57. The van der Waals surface area contributed by atoms with E-state index in [1.165, 1.54) is 12.1 Å². The number of halogens is 2. The molecule has 1 fully saturated rings. The van der Waals surface area contributed by atoms with Crippen molar-refractivity contribution in [1.82, 2.24) is 0 Å². The highest BCUT2D eigenvalue weighted by atomic mass is 19.1. The van der Waals surface area contributed by atoms with Crippen LogP contribution in [0.5, 0.6) is 5.75 Å². The second-order valence-corrected chi connectivity index (χ2v) is 6.21. The quantitative estimate of drug-likeness (QED) is 0.800. The Bertz CT molecular complexity index is 516. The van der Waals surface area contributed by atoms with E-state index in [1.54, 1.807) is 0 Å². The smallest absolute Gasteiger partial charge is 0.491 e. The molecule has 1 aliphatic heterocycles. The van der Waals surface area contributed by atoms with Gasteiger partial charge in [-0.1, -0.05) is 6.92 Å². The van der Waals surface area contributed by atoms with Crippen molar-refractivity contribution in [2.75, 3.05) is 6.61 Å². The molecule has 2 rings (SSSR count). The zero-order chi connectivity index (χ0) is 15.8. The van der Waals surface area contributed by atoms with Gasteiger partial charge in [0.05, 0.1) is 23.3 Å². The minimum atomic E-state index is -1.08. The van der Waals surface area contributed by atoms with E-state index >= 15 is 0 Å². The summed E-state index contributed by atoms with van der Waals surface area (Å²) in [6.45, 7) is 9.61. The van der Waals surface area contributed by atoms with E-state index in [9.17, 15) is 8.78 Å². The van der Waals surface area contributed by atoms with Crippen LogP contribution in [0.25, 0.3) is 0 Å². The number of hydrogen-bond donors (Lipinski definition) is 0. The summed E-state index contributed by atoms with van der Waals surface area (Å²) in [5, 5.41) is 0. The molecule has 0 bridgehead atoms. The van der Waals surface area contributed by atoms with E-state index in [-0.39, 0.29) is 11.2 Å². The highest BCUT2D eigenvalue weighted by Gasteiger charge is 2.53. The summed E-state index contributed by atoms with van der Waals surface area (Å²) >= 11 is 0. The lowest BCUT2D eigenvalue weighted by Crippen LogP contribution is -2.41. The van der Waals surface area contributed by atoms with Gasteiger partial charge in [0.1, 0.15) is 5.82 Å². The first-order valence-electron chi connectivity index (χ1n) is 7.16. The molecule has 0 N–H and O–H groups in total. The van der Waals surface area contributed by atoms with E-state index in [0.29, 0.717) is 6.61 Å². The van der Waals surface area contributed by atoms with Crippen LogP contribution in [0, 0.1) is 11.6 Å². The second-order valence-electron chi connectivity index (χ2n) is 6.21. The molecule has 1 aliphatic rings. The molecule has 6 heteroatoms. The van der Waals surface area contributed by atoms with E-state index in [2.05, 4.69) is 0 Å². The predicted molar refractivity (Wildman–Crippen MR) is 77.9 cm³/mol. The molecular formula is C15H21BF2O3. The SMILES string of the molecule is CCCOc1ccc(F)c(B2OC(C)(C)C(C)(C)O2)c1F. The second kappa shape index (κ2) is 5.57. The normalized spacial score (nSPS) is 19.9. The molecule has 0 unspecified atom stereocenters. The van der Waals surface area contributed by atoms with Crippen molar-refractivity contribution in [3.05, 3.63) is 23.8 Å². The fourth-order valence-electron chi connectivity index (χ4n) is 2.05. The molecule has 0 saturated carbocycles. The van der Waals surface area contributed by atoms with E-state index in [1.807, 2.05) is 34.6 Å². The number of benzene rings is 1. The van der Waals surface area contributed by atoms with Crippen molar-refractivity contribution >= 4 is 12.6 Å². The van der Waals surface area contributed by atoms with Crippen LogP contribution in [0.1, 0.15) is 41.0 Å². The molecule has 1 saturated heterocycles. The van der Waals surface area contributed by atoms with Gasteiger partial charge >= 0.3 is 7.12 Å². The molecule has 1 heterocycles. The zero-order valence-corrected chi connectivity index (χ0v) is 13.1. The van der Waals surface area contributed by atoms with Gasteiger partial charge in [-0.25, -0.2) is 8.78 Å². The first-order chi connectivity index (χ1) is 9.69. The molecule has 0 atom stereocenters. The van der Waals surface area contributed by atoms with Crippen LogP contribution in [0.15, 0.2) is 12.1 Å². The summed E-state index contributed by atoms with van der Waals surface area (Å²) in [6, 6.07) is 2.46.